The number of carbonyl (C=O) groups is 3. The maximum atomic E-state index is 14.0. The standard InChI is InChI=1S/C31H25F3N2O8.Na/c1-43-28-26-29(39)36(17-6-7-18(14-17)44-31(42)20-5-3-2-4-19(20)30(40)41)11-10-35(26)15-22(27(28)38)25(37)9-8-21-23(33)12-16(32)13-24(21)34;/h2-5,10-13,15,17-18H,6-9,14H2,1H3,(H,40,41);/q;+1/p-1/t17-,18+;/m0./s1. The first-order chi connectivity index (χ1) is 21.0. The molecule has 1 aliphatic rings. The molecule has 0 spiro atoms. The molecule has 45 heavy (non-hydrogen) atoms. The van der Waals surface area contributed by atoms with Crippen LogP contribution in [-0.2, 0) is 11.2 Å². The van der Waals surface area contributed by atoms with E-state index in [1.54, 1.807) is 0 Å². The third-order valence-electron chi connectivity index (χ3n) is 7.62. The van der Waals surface area contributed by atoms with Gasteiger partial charge in [0.1, 0.15) is 23.6 Å². The predicted octanol–water partition coefficient (Wildman–Crippen LogP) is 0.0207. The number of aromatic carboxylic acids is 1. The molecule has 0 saturated heterocycles. The van der Waals surface area contributed by atoms with Gasteiger partial charge in [-0.1, -0.05) is 18.2 Å². The quantitative estimate of drug-likeness (QED) is 0.143. The number of esters is 1. The number of ketones is 1. The number of aromatic nitrogens is 2. The SMILES string of the molecule is COc1c(=O)c(C(=O)CCc2c(F)cc(F)cc2F)cn2ccn([C@H]3CC[C@@H](OC(=O)c4ccccc4C(=O)[O-])C3)c(=O)c12.[Na+]. The maximum Gasteiger partial charge on any atom is 1.00 e. The fourth-order valence-electron chi connectivity index (χ4n) is 5.46. The van der Waals surface area contributed by atoms with Gasteiger partial charge in [-0.2, -0.15) is 0 Å². The molecule has 2 atom stereocenters. The van der Waals surface area contributed by atoms with Crippen LogP contribution in [0.15, 0.2) is 64.6 Å². The Kier molecular flexibility index (Phi) is 10.4. The summed E-state index contributed by atoms with van der Waals surface area (Å²) in [5.74, 6) is -6.95. The summed E-state index contributed by atoms with van der Waals surface area (Å²) in [5, 5.41) is 11.4. The Morgan fingerprint density at radius 1 is 0.978 bits per heavy atom. The van der Waals surface area contributed by atoms with Gasteiger partial charge in [-0.3, -0.25) is 14.4 Å². The van der Waals surface area contributed by atoms with Gasteiger partial charge in [0.2, 0.25) is 5.43 Å². The molecule has 5 rings (SSSR count). The third-order valence-corrected chi connectivity index (χ3v) is 7.62. The van der Waals surface area contributed by atoms with Crippen molar-refractivity contribution in [3.63, 3.8) is 0 Å². The minimum absolute atomic E-state index is 0. The Labute approximate surface area is 275 Å². The largest absolute Gasteiger partial charge is 1.00 e. The number of halogens is 3. The number of Topliss-reactive ketones (excluding diaryl/α,β-unsaturated/α-hetero) is 1. The van der Waals surface area contributed by atoms with Crippen LogP contribution in [0, 0.1) is 17.5 Å². The molecule has 0 unspecified atom stereocenters. The number of carbonyl (C=O) groups excluding carboxylic acids is 3. The molecular weight excluding hydrogens is 608 g/mol. The average molecular weight is 633 g/mol. The number of carboxylic acids is 1. The number of carboxylic acid groups (broad SMARTS) is 1. The monoisotopic (exact) mass is 632 g/mol. The van der Waals surface area contributed by atoms with Gasteiger partial charge in [0.15, 0.2) is 17.0 Å². The van der Waals surface area contributed by atoms with Gasteiger partial charge in [0.25, 0.3) is 5.56 Å². The Morgan fingerprint density at radius 2 is 1.64 bits per heavy atom. The molecule has 10 nitrogen and oxygen atoms in total. The first-order valence-electron chi connectivity index (χ1n) is 13.5. The minimum atomic E-state index is -1.52. The fraction of sp³-hybridized carbons (Fsp3) is 0.258. The van der Waals surface area contributed by atoms with Gasteiger partial charge in [0, 0.05) is 60.7 Å². The second-order valence-corrected chi connectivity index (χ2v) is 10.3. The molecule has 2 aromatic heterocycles. The predicted molar refractivity (Wildman–Crippen MR) is 146 cm³/mol. The van der Waals surface area contributed by atoms with Crippen molar-refractivity contribution in [1.82, 2.24) is 8.97 Å². The molecule has 0 radical (unpaired) electrons. The summed E-state index contributed by atoms with van der Waals surface area (Å²) in [6.07, 6.45) is 3.52. The van der Waals surface area contributed by atoms with E-state index in [9.17, 15) is 42.3 Å². The van der Waals surface area contributed by atoms with Gasteiger partial charge in [-0.15, -0.1) is 0 Å². The van der Waals surface area contributed by atoms with Crippen LogP contribution in [0.4, 0.5) is 13.2 Å². The van der Waals surface area contributed by atoms with E-state index in [4.69, 9.17) is 9.47 Å². The third kappa shape index (κ3) is 6.75. The van der Waals surface area contributed by atoms with Crippen molar-refractivity contribution in [2.45, 2.75) is 44.2 Å². The number of fused-ring (bicyclic) bond motifs is 1. The zero-order chi connectivity index (χ0) is 31.7. The zero-order valence-electron chi connectivity index (χ0n) is 24.2. The summed E-state index contributed by atoms with van der Waals surface area (Å²) in [5.41, 5.74) is -2.99. The van der Waals surface area contributed by atoms with E-state index in [2.05, 4.69) is 0 Å². The summed E-state index contributed by atoms with van der Waals surface area (Å²) in [4.78, 5) is 63.7. The van der Waals surface area contributed by atoms with Gasteiger partial charge >= 0.3 is 35.5 Å². The normalized spacial score (nSPS) is 15.8. The Balaban J connectivity index is 0.00000461. The van der Waals surface area contributed by atoms with Crippen molar-refractivity contribution in [3.8, 4) is 5.75 Å². The average Bonchev–Trinajstić information content (AvgIpc) is 3.44. The Morgan fingerprint density at radius 3 is 2.29 bits per heavy atom. The summed E-state index contributed by atoms with van der Waals surface area (Å²) >= 11 is 0. The van der Waals surface area contributed by atoms with E-state index in [0.717, 1.165) is 13.3 Å². The van der Waals surface area contributed by atoms with Crippen LogP contribution in [0.2, 0.25) is 0 Å². The fourth-order valence-corrected chi connectivity index (χ4v) is 5.46. The molecule has 0 bridgehead atoms. The number of benzene rings is 2. The molecular formula is C31H24F3N2NaO8. The molecule has 14 heteroatoms. The van der Waals surface area contributed by atoms with Crippen molar-refractivity contribution in [2.24, 2.45) is 0 Å². The molecule has 0 N–H and O–H groups in total. The first kappa shape index (κ1) is 33.7. The molecule has 4 aromatic rings. The van der Waals surface area contributed by atoms with Crippen molar-refractivity contribution in [2.75, 3.05) is 7.11 Å². The number of methoxy groups -OCH3 is 1. The molecule has 1 fully saturated rings. The number of ether oxygens (including phenoxy) is 2. The second kappa shape index (κ2) is 13.8. The van der Waals surface area contributed by atoms with Crippen LogP contribution in [0.3, 0.4) is 0 Å². The number of nitrogens with zero attached hydrogens (tertiary/aromatic N) is 2. The van der Waals surface area contributed by atoms with Crippen LogP contribution in [-0.4, -0.2) is 39.9 Å². The molecule has 2 aromatic carbocycles. The molecule has 228 valence electrons. The van der Waals surface area contributed by atoms with Crippen molar-refractivity contribution in [1.29, 1.82) is 0 Å². The molecule has 0 aliphatic heterocycles. The molecule has 2 heterocycles. The van der Waals surface area contributed by atoms with Crippen LogP contribution >= 0.6 is 0 Å². The van der Waals surface area contributed by atoms with Crippen LogP contribution in [0.1, 0.15) is 68.4 Å². The summed E-state index contributed by atoms with van der Waals surface area (Å²) in [6, 6.07) is 6.04. The van der Waals surface area contributed by atoms with E-state index in [1.165, 1.54) is 45.6 Å². The van der Waals surface area contributed by atoms with Gasteiger partial charge in [0.05, 0.1) is 24.2 Å². The van der Waals surface area contributed by atoms with Crippen molar-refractivity contribution in [3.05, 3.63) is 115 Å². The number of hydrogen-bond donors (Lipinski definition) is 0. The van der Waals surface area contributed by atoms with E-state index >= 15 is 0 Å². The second-order valence-electron chi connectivity index (χ2n) is 10.3. The zero-order valence-corrected chi connectivity index (χ0v) is 26.2. The summed E-state index contributed by atoms with van der Waals surface area (Å²) in [6.45, 7) is 0. The number of pyridine rings is 1. The topological polar surface area (TPSA) is 136 Å². The van der Waals surface area contributed by atoms with Gasteiger partial charge in [-0.25, -0.2) is 18.0 Å². The van der Waals surface area contributed by atoms with Gasteiger partial charge < -0.3 is 28.3 Å². The van der Waals surface area contributed by atoms with Crippen molar-refractivity contribution >= 4 is 23.2 Å². The number of hydrogen-bond acceptors (Lipinski definition) is 8. The van der Waals surface area contributed by atoms with Gasteiger partial charge in [-0.05, 0) is 25.3 Å². The molecule has 1 saturated carbocycles. The molecule has 1 aliphatic carbocycles. The Bertz CT molecular complexity index is 1920. The van der Waals surface area contributed by atoms with E-state index in [1.807, 2.05) is 0 Å². The summed E-state index contributed by atoms with van der Waals surface area (Å²) < 4.78 is 54.6. The summed E-state index contributed by atoms with van der Waals surface area (Å²) in [7, 11) is 1.15. The Hall–Kier alpha value is -4.20. The number of rotatable bonds is 9. The van der Waals surface area contributed by atoms with E-state index < -0.39 is 82.5 Å². The van der Waals surface area contributed by atoms with Crippen molar-refractivity contribution < 1.29 is 71.7 Å². The van der Waals surface area contributed by atoms with E-state index in [-0.39, 0.29) is 58.2 Å². The smallest absolute Gasteiger partial charge is 0.545 e. The van der Waals surface area contributed by atoms with Crippen LogP contribution in [0.25, 0.3) is 5.52 Å². The molecule has 0 amide bonds. The minimum Gasteiger partial charge on any atom is -0.545 e. The maximum absolute atomic E-state index is 14.0. The van der Waals surface area contributed by atoms with Crippen LogP contribution < -0.4 is 50.4 Å². The van der Waals surface area contributed by atoms with Crippen LogP contribution in [0.5, 0.6) is 5.75 Å². The first-order valence-corrected chi connectivity index (χ1v) is 13.5. The van der Waals surface area contributed by atoms with E-state index in [0.29, 0.717) is 25.0 Å².